The zero-order valence-corrected chi connectivity index (χ0v) is 14.3. The van der Waals surface area contributed by atoms with Crippen LogP contribution in [0, 0.1) is 5.82 Å². The van der Waals surface area contributed by atoms with Gasteiger partial charge in [0.25, 0.3) is 0 Å². The zero-order valence-electron chi connectivity index (χ0n) is 14.3. The number of ether oxygens (including phenoxy) is 1. The van der Waals surface area contributed by atoms with Gasteiger partial charge in [-0.15, -0.1) is 0 Å². The number of nitrogens with one attached hydrogen (secondary N) is 1. The number of rotatable bonds is 2. The van der Waals surface area contributed by atoms with E-state index >= 15 is 0 Å². The molecule has 25 heavy (non-hydrogen) atoms. The van der Waals surface area contributed by atoms with Gasteiger partial charge in [0.15, 0.2) is 11.6 Å². The van der Waals surface area contributed by atoms with E-state index in [0.717, 1.165) is 0 Å². The first-order valence-corrected chi connectivity index (χ1v) is 7.93. The Hall–Kier alpha value is -2.06. The number of amides is 1. The van der Waals surface area contributed by atoms with Crippen molar-refractivity contribution in [3.8, 4) is 0 Å². The Morgan fingerprint density at radius 1 is 1.36 bits per heavy atom. The van der Waals surface area contributed by atoms with Crippen LogP contribution in [0.1, 0.15) is 39.2 Å². The molecule has 1 aliphatic rings. The quantitative estimate of drug-likeness (QED) is 0.814. The number of aromatic nitrogens is 1. The topological polar surface area (TPSA) is 54.5 Å². The lowest BCUT2D eigenvalue weighted by atomic mass is 10.1. The number of alkyl halides is 3. The Labute approximate surface area is 143 Å². The minimum atomic E-state index is -4.64. The second-order valence-electron chi connectivity index (χ2n) is 6.96. The number of carbonyl (C=O) groups excluding carboxylic acids is 1. The number of anilines is 1. The molecule has 1 aromatic heterocycles. The van der Waals surface area contributed by atoms with Crippen LogP contribution < -0.4 is 10.2 Å². The van der Waals surface area contributed by atoms with E-state index in [9.17, 15) is 22.4 Å². The number of pyridine rings is 1. The molecule has 1 atom stereocenters. The molecule has 140 valence electrons. The van der Waals surface area contributed by atoms with E-state index in [4.69, 9.17) is 4.74 Å². The second kappa shape index (κ2) is 7.05. The third kappa shape index (κ3) is 5.47. The minimum absolute atomic E-state index is 0.149. The average molecular weight is 363 g/mol. The van der Waals surface area contributed by atoms with Gasteiger partial charge in [-0.05, 0) is 39.7 Å². The summed E-state index contributed by atoms with van der Waals surface area (Å²) in [5.74, 6) is -1.18. The van der Waals surface area contributed by atoms with Crippen LogP contribution in [0.5, 0.6) is 0 Å². The van der Waals surface area contributed by atoms with Gasteiger partial charge in [0.2, 0.25) is 0 Å². The number of hydrogen-bond acceptors (Lipinski definition) is 4. The van der Waals surface area contributed by atoms with Gasteiger partial charge in [-0.25, -0.2) is 14.2 Å². The number of carbonyl (C=O) groups is 1. The molecule has 0 radical (unpaired) electrons. The van der Waals surface area contributed by atoms with Crippen LogP contribution >= 0.6 is 0 Å². The third-order valence-electron chi connectivity index (χ3n) is 3.59. The van der Waals surface area contributed by atoms with E-state index in [1.54, 1.807) is 20.8 Å². The molecule has 1 aliphatic heterocycles. The van der Waals surface area contributed by atoms with Crippen molar-refractivity contribution in [2.24, 2.45) is 0 Å². The van der Waals surface area contributed by atoms with E-state index in [0.29, 0.717) is 31.6 Å². The number of hydrogen-bond donors (Lipinski definition) is 1. The fourth-order valence-electron chi connectivity index (χ4n) is 2.58. The SMILES string of the molecule is CC(C)(C)OC(=O)N[C@@H]1CCCN(c2ncc(C(F)(F)F)cc2F)C1. The van der Waals surface area contributed by atoms with Gasteiger partial charge in [-0.2, -0.15) is 13.2 Å². The lowest BCUT2D eigenvalue weighted by Crippen LogP contribution is -2.49. The number of halogens is 4. The van der Waals surface area contributed by atoms with Crippen LogP contribution in [0.4, 0.5) is 28.2 Å². The Morgan fingerprint density at radius 2 is 2.04 bits per heavy atom. The van der Waals surface area contributed by atoms with E-state index in [1.807, 2.05) is 0 Å². The van der Waals surface area contributed by atoms with Crippen molar-refractivity contribution in [1.29, 1.82) is 0 Å². The highest BCUT2D eigenvalue weighted by Gasteiger charge is 2.33. The highest BCUT2D eigenvalue weighted by atomic mass is 19.4. The number of piperidine rings is 1. The normalized spacial score (nSPS) is 18.8. The molecule has 2 rings (SSSR count). The fourth-order valence-corrected chi connectivity index (χ4v) is 2.58. The molecule has 0 aliphatic carbocycles. The Balaban J connectivity index is 2.05. The molecule has 0 bridgehead atoms. The predicted octanol–water partition coefficient (Wildman–Crippen LogP) is 3.73. The maximum atomic E-state index is 14.1. The van der Waals surface area contributed by atoms with Gasteiger partial charge < -0.3 is 15.0 Å². The maximum absolute atomic E-state index is 14.1. The van der Waals surface area contributed by atoms with E-state index in [1.165, 1.54) is 4.90 Å². The molecule has 0 unspecified atom stereocenters. The molecule has 1 aromatic rings. The van der Waals surface area contributed by atoms with Gasteiger partial charge in [-0.3, -0.25) is 0 Å². The first-order chi connectivity index (χ1) is 11.5. The van der Waals surface area contributed by atoms with Crippen molar-refractivity contribution < 1.29 is 27.1 Å². The lowest BCUT2D eigenvalue weighted by Gasteiger charge is -2.34. The van der Waals surface area contributed by atoms with Crippen LogP contribution in [0.2, 0.25) is 0 Å². The molecule has 0 spiro atoms. The summed E-state index contributed by atoms with van der Waals surface area (Å²) < 4.78 is 57.0. The highest BCUT2D eigenvalue weighted by molar-refractivity contribution is 5.68. The van der Waals surface area contributed by atoms with Crippen molar-refractivity contribution in [2.45, 2.75) is 51.4 Å². The van der Waals surface area contributed by atoms with Crippen LogP contribution in [-0.2, 0) is 10.9 Å². The predicted molar refractivity (Wildman–Crippen MR) is 83.8 cm³/mol. The molecule has 0 aromatic carbocycles. The van der Waals surface area contributed by atoms with E-state index < -0.39 is 29.3 Å². The van der Waals surface area contributed by atoms with E-state index in [-0.39, 0.29) is 18.4 Å². The van der Waals surface area contributed by atoms with Crippen molar-refractivity contribution in [3.05, 3.63) is 23.6 Å². The zero-order chi connectivity index (χ0) is 18.8. The summed E-state index contributed by atoms with van der Waals surface area (Å²) in [7, 11) is 0. The third-order valence-corrected chi connectivity index (χ3v) is 3.59. The molecule has 2 heterocycles. The summed E-state index contributed by atoms with van der Waals surface area (Å²) in [5.41, 5.74) is -1.77. The first-order valence-electron chi connectivity index (χ1n) is 7.93. The van der Waals surface area contributed by atoms with Gasteiger partial charge in [0.1, 0.15) is 5.60 Å². The Kier molecular flexibility index (Phi) is 5.43. The second-order valence-corrected chi connectivity index (χ2v) is 6.96. The van der Waals surface area contributed by atoms with Crippen LogP contribution in [0.3, 0.4) is 0 Å². The Bertz CT molecular complexity index is 629. The molecule has 1 fully saturated rings. The molecule has 1 N–H and O–H groups in total. The van der Waals surface area contributed by atoms with Crippen LogP contribution in [0.25, 0.3) is 0 Å². The smallest absolute Gasteiger partial charge is 0.417 e. The van der Waals surface area contributed by atoms with Crippen molar-refractivity contribution >= 4 is 11.9 Å². The van der Waals surface area contributed by atoms with Crippen molar-refractivity contribution in [3.63, 3.8) is 0 Å². The Morgan fingerprint density at radius 3 is 2.60 bits per heavy atom. The highest BCUT2D eigenvalue weighted by Crippen LogP contribution is 2.31. The van der Waals surface area contributed by atoms with Crippen LogP contribution in [-0.4, -0.2) is 35.8 Å². The fraction of sp³-hybridized carbons (Fsp3) is 0.625. The largest absolute Gasteiger partial charge is 0.444 e. The standard InChI is InChI=1S/C16H21F4N3O2/c1-15(2,3)25-14(24)22-11-5-4-6-23(9-11)13-12(17)7-10(8-21-13)16(18,19)20/h7-8,11H,4-6,9H2,1-3H3,(H,22,24)/t11-/m1/s1. The van der Waals surface area contributed by atoms with Gasteiger partial charge in [-0.1, -0.05) is 0 Å². The summed E-state index contributed by atoms with van der Waals surface area (Å²) in [6.07, 6.45) is -3.31. The van der Waals surface area contributed by atoms with Gasteiger partial charge >= 0.3 is 12.3 Å². The maximum Gasteiger partial charge on any atom is 0.417 e. The summed E-state index contributed by atoms with van der Waals surface area (Å²) in [6, 6.07) is 0.139. The monoisotopic (exact) mass is 363 g/mol. The summed E-state index contributed by atoms with van der Waals surface area (Å²) in [4.78, 5) is 17.0. The molecule has 9 heteroatoms. The molecule has 1 amide bonds. The van der Waals surface area contributed by atoms with Gasteiger partial charge in [0.05, 0.1) is 5.56 Å². The number of nitrogens with zero attached hydrogens (tertiary/aromatic N) is 2. The van der Waals surface area contributed by atoms with Crippen LogP contribution in [0.15, 0.2) is 12.3 Å². The van der Waals surface area contributed by atoms with Crippen molar-refractivity contribution in [2.75, 3.05) is 18.0 Å². The average Bonchev–Trinajstić information content (AvgIpc) is 2.44. The summed E-state index contributed by atoms with van der Waals surface area (Å²) in [6.45, 7) is 5.90. The molecule has 0 saturated carbocycles. The lowest BCUT2D eigenvalue weighted by molar-refractivity contribution is -0.138. The van der Waals surface area contributed by atoms with E-state index in [2.05, 4.69) is 10.3 Å². The van der Waals surface area contributed by atoms with Gasteiger partial charge in [0, 0.05) is 25.3 Å². The van der Waals surface area contributed by atoms with Crippen molar-refractivity contribution in [1.82, 2.24) is 10.3 Å². The number of alkyl carbamates (subject to hydrolysis) is 1. The minimum Gasteiger partial charge on any atom is -0.444 e. The first kappa shape index (κ1) is 19.3. The summed E-state index contributed by atoms with van der Waals surface area (Å²) in [5, 5.41) is 2.70. The summed E-state index contributed by atoms with van der Waals surface area (Å²) >= 11 is 0. The molecule has 5 nitrogen and oxygen atoms in total. The molecule has 1 saturated heterocycles. The molecular formula is C16H21F4N3O2. The molecular weight excluding hydrogens is 342 g/mol.